The van der Waals surface area contributed by atoms with Crippen LogP contribution in [0.3, 0.4) is 0 Å². The maximum absolute atomic E-state index is 12.0. The number of ether oxygens (including phenoxy) is 1. The lowest BCUT2D eigenvalue weighted by Gasteiger charge is -2.26. The minimum absolute atomic E-state index is 0.135. The average molecular weight is 347 g/mol. The zero-order valence-corrected chi connectivity index (χ0v) is 13.7. The van der Waals surface area contributed by atoms with Gasteiger partial charge in [-0.05, 0) is 24.8 Å². The summed E-state index contributed by atoms with van der Waals surface area (Å²) in [6.45, 7) is 2.29. The lowest BCUT2D eigenvalue weighted by Crippen LogP contribution is -2.48. The quantitative estimate of drug-likeness (QED) is 0.681. The molecule has 0 aromatic carbocycles. The van der Waals surface area contributed by atoms with Crippen molar-refractivity contribution >= 4 is 34.9 Å². The first-order valence-corrected chi connectivity index (χ1v) is 7.99. The Kier molecular flexibility index (Phi) is 6.70. The first kappa shape index (κ1) is 17.3. The Morgan fingerprint density at radius 1 is 1.41 bits per heavy atom. The normalized spacial score (nSPS) is 17.0. The summed E-state index contributed by atoms with van der Waals surface area (Å²) >= 11 is 11.8. The molecular weight excluding hydrogens is 327 g/mol. The van der Waals surface area contributed by atoms with E-state index < -0.39 is 6.04 Å². The maximum atomic E-state index is 12.0. The molecule has 2 rings (SSSR count). The predicted molar refractivity (Wildman–Crippen MR) is 87.3 cm³/mol. The van der Waals surface area contributed by atoms with E-state index in [4.69, 9.17) is 33.7 Å². The van der Waals surface area contributed by atoms with E-state index in [0.29, 0.717) is 42.2 Å². The lowest BCUT2D eigenvalue weighted by atomic mass is 9.92. The van der Waals surface area contributed by atoms with E-state index in [1.807, 2.05) is 0 Å². The summed E-state index contributed by atoms with van der Waals surface area (Å²) in [6, 6.07) is 1.12. The van der Waals surface area contributed by atoms with Crippen molar-refractivity contribution in [3.05, 3.63) is 22.3 Å². The number of hydrogen-bond donors (Lipinski definition) is 3. The van der Waals surface area contributed by atoms with Gasteiger partial charge in [0.25, 0.3) is 0 Å². The van der Waals surface area contributed by atoms with Gasteiger partial charge in [-0.1, -0.05) is 23.2 Å². The van der Waals surface area contributed by atoms with Gasteiger partial charge in [0.05, 0.1) is 16.1 Å². The van der Waals surface area contributed by atoms with Crippen molar-refractivity contribution in [3.63, 3.8) is 0 Å². The van der Waals surface area contributed by atoms with Crippen LogP contribution in [-0.4, -0.2) is 43.2 Å². The molecule has 1 aliphatic rings. The number of halogens is 2. The number of carbonyl (C=O) groups is 1. The zero-order chi connectivity index (χ0) is 15.9. The van der Waals surface area contributed by atoms with Crippen LogP contribution in [0.5, 0.6) is 0 Å². The van der Waals surface area contributed by atoms with Crippen molar-refractivity contribution < 1.29 is 9.53 Å². The van der Waals surface area contributed by atoms with E-state index in [1.165, 1.54) is 6.20 Å². The highest BCUT2D eigenvalue weighted by molar-refractivity contribution is 6.35. The number of pyridine rings is 1. The van der Waals surface area contributed by atoms with E-state index in [-0.39, 0.29) is 11.8 Å². The summed E-state index contributed by atoms with van der Waals surface area (Å²) in [5, 5.41) is 6.77. The standard InChI is InChI=1S/C14H20Cl2N4O2/c15-10-7-11(16)13(20-8-10)18-3-4-19-14(21)12(17)9-1-5-22-6-2-9/h7-9,12H,1-6,17H2,(H,18,20)(H,19,21). The molecule has 22 heavy (non-hydrogen) atoms. The molecule has 8 heteroatoms. The Balaban J connectivity index is 1.70. The largest absolute Gasteiger partial charge is 0.381 e. The van der Waals surface area contributed by atoms with E-state index in [9.17, 15) is 4.79 Å². The molecule has 1 unspecified atom stereocenters. The molecule has 1 saturated heterocycles. The number of rotatable bonds is 6. The summed E-state index contributed by atoms with van der Waals surface area (Å²) in [5.74, 6) is 0.590. The molecule has 0 spiro atoms. The van der Waals surface area contributed by atoms with Crippen LogP contribution < -0.4 is 16.4 Å². The Morgan fingerprint density at radius 2 is 2.14 bits per heavy atom. The number of carbonyl (C=O) groups excluding carboxylic acids is 1. The third kappa shape index (κ3) is 4.98. The fourth-order valence-electron chi connectivity index (χ4n) is 2.32. The minimum atomic E-state index is -0.485. The van der Waals surface area contributed by atoms with Crippen molar-refractivity contribution in [1.82, 2.24) is 10.3 Å². The molecule has 0 bridgehead atoms. The average Bonchev–Trinajstić information content (AvgIpc) is 2.53. The van der Waals surface area contributed by atoms with Gasteiger partial charge >= 0.3 is 0 Å². The SMILES string of the molecule is NC(C(=O)NCCNc1ncc(Cl)cc1Cl)C1CCOCC1. The van der Waals surface area contributed by atoms with Crippen molar-refractivity contribution in [2.24, 2.45) is 11.7 Å². The highest BCUT2D eigenvalue weighted by atomic mass is 35.5. The van der Waals surface area contributed by atoms with Gasteiger partial charge in [-0.3, -0.25) is 4.79 Å². The Morgan fingerprint density at radius 3 is 2.82 bits per heavy atom. The van der Waals surface area contributed by atoms with Crippen LogP contribution in [0.1, 0.15) is 12.8 Å². The first-order chi connectivity index (χ1) is 10.6. The van der Waals surface area contributed by atoms with Crippen molar-refractivity contribution in [2.75, 3.05) is 31.6 Å². The van der Waals surface area contributed by atoms with Crippen molar-refractivity contribution in [3.8, 4) is 0 Å². The molecular formula is C14H20Cl2N4O2. The second-order valence-electron chi connectivity index (χ2n) is 5.18. The fraction of sp³-hybridized carbons (Fsp3) is 0.571. The van der Waals surface area contributed by atoms with Crippen LogP contribution in [0.2, 0.25) is 10.0 Å². The molecule has 1 aromatic heterocycles. The second-order valence-corrected chi connectivity index (χ2v) is 6.02. The summed E-state index contributed by atoms with van der Waals surface area (Å²) < 4.78 is 5.27. The molecule has 1 atom stereocenters. The monoisotopic (exact) mass is 346 g/mol. The third-order valence-electron chi connectivity index (χ3n) is 3.60. The smallest absolute Gasteiger partial charge is 0.237 e. The minimum Gasteiger partial charge on any atom is -0.381 e. The van der Waals surface area contributed by atoms with Crippen LogP contribution >= 0.6 is 23.2 Å². The number of hydrogen-bond acceptors (Lipinski definition) is 5. The van der Waals surface area contributed by atoms with E-state index >= 15 is 0 Å². The first-order valence-electron chi connectivity index (χ1n) is 7.24. The predicted octanol–water partition coefficient (Wildman–Crippen LogP) is 1.67. The van der Waals surface area contributed by atoms with Gasteiger partial charge in [0, 0.05) is 32.5 Å². The molecule has 2 heterocycles. The van der Waals surface area contributed by atoms with Gasteiger partial charge < -0.3 is 21.1 Å². The summed E-state index contributed by atoms with van der Waals surface area (Å²) in [6.07, 6.45) is 3.17. The summed E-state index contributed by atoms with van der Waals surface area (Å²) in [7, 11) is 0. The van der Waals surface area contributed by atoms with Gasteiger partial charge in [0.15, 0.2) is 0 Å². The zero-order valence-electron chi connectivity index (χ0n) is 12.1. The lowest BCUT2D eigenvalue weighted by molar-refractivity contribution is -0.124. The van der Waals surface area contributed by atoms with Crippen molar-refractivity contribution in [1.29, 1.82) is 0 Å². The number of nitrogens with two attached hydrogens (primary N) is 1. The molecule has 0 radical (unpaired) electrons. The van der Waals surface area contributed by atoms with Crippen LogP contribution in [0.25, 0.3) is 0 Å². The van der Waals surface area contributed by atoms with Gasteiger partial charge in [-0.25, -0.2) is 4.98 Å². The molecule has 1 fully saturated rings. The van der Waals surface area contributed by atoms with Crippen LogP contribution in [0.4, 0.5) is 5.82 Å². The second kappa shape index (κ2) is 8.53. The van der Waals surface area contributed by atoms with Crippen LogP contribution in [0.15, 0.2) is 12.3 Å². The molecule has 4 N–H and O–H groups in total. The number of nitrogens with zero attached hydrogens (tertiary/aromatic N) is 1. The molecule has 0 aliphatic carbocycles. The fourth-order valence-corrected chi connectivity index (χ4v) is 2.77. The number of amides is 1. The summed E-state index contributed by atoms with van der Waals surface area (Å²) in [5.41, 5.74) is 5.99. The molecule has 122 valence electrons. The highest BCUT2D eigenvalue weighted by Gasteiger charge is 2.26. The molecule has 1 amide bonds. The van der Waals surface area contributed by atoms with E-state index in [2.05, 4.69) is 15.6 Å². The van der Waals surface area contributed by atoms with Gasteiger partial charge in [0.2, 0.25) is 5.91 Å². The molecule has 1 aliphatic heterocycles. The van der Waals surface area contributed by atoms with Crippen LogP contribution in [0, 0.1) is 5.92 Å². The van der Waals surface area contributed by atoms with Crippen molar-refractivity contribution in [2.45, 2.75) is 18.9 Å². The van der Waals surface area contributed by atoms with Gasteiger partial charge in [-0.2, -0.15) is 0 Å². The molecule has 6 nitrogen and oxygen atoms in total. The summed E-state index contributed by atoms with van der Waals surface area (Å²) in [4.78, 5) is 16.1. The molecule has 0 saturated carbocycles. The topological polar surface area (TPSA) is 89.3 Å². The number of anilines is 1. The molecule has 1 aromatic rings. The third-order valence-corrected chi connectivity index (χ3v) is 4.10. The maximum Gasteiger partial charge on any atom is 0.237 e. The highest BCUT2D eigenvalue weighted by Crippen LogP contribution is 2.22. The Hall–Kier alpha value is -1.08. The Labute approximate surface area is 139 Å². The van der Waals surface area contributed by atoms with Crippen LogP contribution in [-0.2, 0) is 9.53 Å². The Bertz CT molecular complexity index is 510. The van der Waals surface area contributed by atoms with Gasteiger partial charge in [0.1, 0.15) is 5.82 Å². The number of nitrogens with one attached hydrogen (secondary N) is 2. The van der Waals surface area contributed by atoms with Gasteiger partial charge in [-0.15, -0.1) is 0 Å². The van der Waals surface area contributed by atoms with E-state index in [0.717, 1.165) is 12.8 Å². The number of aromatic nitrogens is 1. The van der Waals surface area contributed by atoms with E-state index in [1.54, 1.807) is 6.07 Å².